The van der Waals surface area contributed by atoms with Gasteiger partial charge in [-0.2, -0.15) is 0 Å². The molecule has 0 bridgehead atoms. The summed E-state index contributed by atoms with van der Waals surface area (Å²) in [6.07, 6.45) is 6.22. The third-order valence-electron chi connectivity index (χ3n) is 4.51. The van der Waals surface area contributed by atoms with Crippen molar-refractivity contribution in [3.63, 3.8) is 0 Å². The van der Waals surface area contributed by atoms with Gasteiger partial charge in [0, 0.05) is 13.1 Å². The van der Waals surface area contributed by atoms with Gasteiger partial charge in [-0.3, -0.25) is 0 Å². The molecule has 1 unspecified atom stereocenters. The van der Waals surface area contributed by atoms with Gasteiger partial charge in [-0.1, -0.05) is 19.3 Å². The van der Waals surface area contributed by atoms with Gasteiger partial charge in [-0.25, -0.2) is 12.7 Å². The molecule has 1 N–H and O–H groups in total. The number of sulfonamides is 1. The average Bonchev–Trinajstić information content (AvgIpc) is 2.40. The van der Waals surface area contributed by atoms with Gasteiger partial charge in [-0.05, 0) is 38.5 Å². The molecule has 2 aliphatic rings. The zero-order valence-electron chi connectivity index (χ0n) is 11.2. The Morgan fingerprint density at radius 3 is 2.11 bits per heavy atom. The van der Waals surface area contributed by atoms with E-state index in [2.05, 4.69) is 0 Å². The first-order chi connectivity index (χ1) is 8.51. The molecular weight excluding hydrogens is 250 g/mol. The lowest BCUT2D eigenvalue weighted by atomic mass is 9.93. The van der Waals surface area contributed by atoms with E-state index in [1.165, 1.54) is 6.42 Å². The highest BCUT2D eigenvalue weighted by molar-refractivity contribution is 7.89. The van der Waals surface area contributed by atoms with Crippen molar-refractivity contribution in [3.05, 3.63) is 0 Å². The highest BCUT2D eigenvalue weighted by Crippen LogP contribution is 2.29. The third-order valence-corrected chi connectivity index (χ3v) is 6.91. The van der Waals surface area contributed by atoms with Gasteiger partial charge < -0.3 is 5.11 Å². The number of aliphatic hydroxyl groups excluding tert-OH is 1. The Balaban J connectivity index is 1.95. The van der Waals surface area contributed by atoms with Gasteiger partial charge in [0.05, 0.1) is 11.4 Å². The molecule has 0 aromatic carbocycles. The van der Waals surface area contributed by atoms with Crippen LogP contribution in [0.15, 0.2) is 0 Å². The Labute approximate surface area is 110 Å². The van der Waals surface area contributed by atoms with Crippen molar-refractivity contribution in [2.75, 3.05) is 13.1 Å². The summed E-state index contributed by atoms with van der Waals surface area (Å²) in [6.45, 7) is 2.98. The first-order valence-corrected chi connectivity index (χ1v) is 8.69. The molecule has 0 aromatic rings. The molecule has 0 radical (unpaired) electrons. The Morgan fingerprint density at radius 2 is 1.61 bits per heavy atom. The largest absolute Gasteiger partial charge is 0.393 e. The zero-order valence-corrected chi connectivity index (χ0v) is 12.0. The van der Waals surface area contributed by atoms with E-state index in [1.807, 2.05) is 0 Å². The summed E-state index contributed by atoms with van der Waals surface area (Å²) in [4.78, 5) is 0. The van der Waals surface area contributed by atoms with Crippen LogP contribution in [0.1, 0.15) is 51.9 Å². The maximum atomic E-state index is 12.5. The molecule has 2 fully saturated rings. The normalized spacial score (nSPS) is 27.2. The van der Waals surface area contributed by atoms with E-state index in [1.54, 1.807) is 11.2 Å². The molecule has 1 saturated carbocycles. The van der Waals surface area contributed by atoms with Crippen LogP contribution in [-0.2, 0) is 10.0 Å². The van der Waals surface area contributed by atoms with Crippen LogP contribution >= 0.6 is 0 Å². The molecular formula is C13H25NO3S. The Kier molecular flexibility index (Phi) is 4.67. The number of aliphatic hydroxyl groups is 1. The molecule has 1 saturated heterocycles. The van der Waals surface area contributed by atoms with Crippen LogP contribution in [0, 0.1) is 5.92 Å². The van der Waals surface area contributed by atoms with Crippen LogP contribution in [0.3, 0.4) is 0 Å². The van der Waals surface area contributed by atoms with Crippen LogP contribution < -0.4 is 0 Å². The van der Waals surface area contributed by atoms with E-state index >= 15 is 0 Å². The van der Waals surface area contributed by atoms with Crippen molar-refractivity contribution in [2.45, 2.75) is 63.2 Å². The molecule has 0 spiro atoms. The van der Waals surface area contributed by atoms with Gasteiger partial charge in [0.2, 0.25) is 10.0 Å². The van der Waals surface area contributed by atoms with Crippen molar-refractivity contribution in [2.24, 2.45) is 5.92 Å². The van der Waals surface area contributed by atoms with Crippen LogP contribution in [0.2, 0.25) is 0 Å². The standard InChI is InChI=1S/C13H25NO3S/c1-11(15)12-7-9-14(10-8-12)18(16,17)13-5-3-2-4-6-13/h11-13,15H,2-10H2,1H3. The smallest absolute Gasteiger partial charge is 0.216 e. The molecule has 0 amide bonds. The van der Waals surface area contributed by atoms with E-state index in [9.17, 15) is 13.5 Å². The average molecular weight is 275 g/mol. The first kappa shape index (κ1) is 14.3. The molecule has 18 heavy (non-hydrogen) atoms. The van der Waals surface area contributed by atoms with Gasteiger partial charge in [-0.15, -0.1) is 0 Å². The predicted octanol–water partition coefficient (Wildman–Crippen LogP) is 1.74. The minimum atomic E-state index is -3.08. The highest BCUT2D eigenvalue weighted by atomic mass is 32.2. The van der Waals surface area contributed by atoms with Crippen LogP contribution in [0.4, 0.5) is 0 Å². The summed E-state index contributed by atoms with van der Waals surface area (Å²) in [6, 6.07) is 0. The summed E-state index contributed by atoms with van der Waals surface area (Å²) in [5.74, 6) is 0.266. The monoisotopic (exact) mass is 275 g/mol. The van der Waals surface area contributed by atoms with E-state index in [0.717, 1.165) is 38.5 Å². The van der Waals surface area contributed by atoms with Gasteiger partial charge in [0.15, 0.2) is 0 Å². The van der Waals surface area contributed by atoms with E-state index < -0.39 is 10.0 Å². The quantitative estimate of drug-likeness (QED) is 0.853. The van der Waals surface area contributed by atoms with Crippen molar-refractivity contribution in [1.29, 1.82) is 0 Å². The second-order valence-electron chi connectivity index (χ2n) is 5.78. The number of hydrogen-bond acceptors (Lipinski definition) is 3. The fraction of sp³-hybridized carbons (Fsp3) is 1.00. The van der Waals surface area contributed by atoms with E-state index in [-0.39, 0.29) is 17.3 Å². The van der Waals surface area contributed by atoms with E-state index in [0.29, 0.717) is 13.1 Å². The second kappa shape index (κ2) is 5.88. The lowest BCUT2D eigenvalue weighted by Gasteiger charge is -2.35. The number of nitrogens with zero attached hydrogens (tertiary/aromatic N) is 1. The minimum Gasteiger partial charge on any atom is -0.393 e. The summed E-state index contributed by atoms with van der Waals surface area (Å²) < 4.78 is 26.6. The molecule has 0 aromatic heterocycles. The third kappa shape index (κ3) is 3.06. The number of hydrogen-bond donors (Lipinski definition) is 1. The first-order valence-electron chi connectivity index (χ1n) is 7.19. The maximum absolute atomic E-state index is 12.5. The number of piperidine rings is 1. The number of rotatable bonds is 3. The van der Waals surface area contributed by atoms with Gasteiger partial charge in [0.25, 0.3) is 0 Å². The summed E-state index contributed by atoms with van der Waals surface area (Å²) >= 11 is 0. The second-order valence-corrected chi connectivity index (χ2v) is 8.00. The maximum Gasteiger partial charge on any atom is 0.216 e. The molecule has 1 atom stereocenters. The fourth-order valence-electron chi connectivity index (χ4n) is 3.19. The summed E-state index contributed by atoms with van der Waals surface area (Å²) in [5.41, 5.74) is 0. The molecule has 2 rings (SSSR count). The Bertz CT molecular complexity index is 352. The van der Waals surface area contributed by atoms with Crippen molar-refractivity contribution < 1.29 is 13.5 Å². The minimum absolute atomic E-state index is 0.144. The summed E-state index contributed by atoms with van der Waals surface area (Å²) in [7, 11) is -3.08. The molecule has 5 heteroatoms. The lowest BCUT2D eigenvalue weighted by Crippen LogP contribution is -2.45. The SMILES string of the molecule is CC(O)C1CCN(S(=O)(=O)C2CCCCC2)CC1. The zero-order chi connectivity index (χ0) is 13.2. The highest BCUT2D eigenvalue weighted by Gasteiger charge is 2.35. The van der Waals surface area contributed by atoms with Gasteiger partial charge >= 0.3 is 0 Å². The summed E-state index contributed by atoms with van der Waals surface area (Å²) in [5, 5.41) is 9.40. The van der Waals surface area contributed by atoms with Crippen LogP contribution in [0.25, 0.3) is 0 Å². The van der Waals surface area contributed by atoms with Gasteiger partial charge in [0.1, 0.15) is 0 Å². The predicted molar refractivity (Wildman–Crippen MR) is 71.8 cm³/mol. The fourth-order valence-corrected chi connectivity index (χ4v) is 5.26. The molecule has 106 valence electrons. The molecule has 1 heterocycles. The molecule has 1 aliphatic carbocycles. The van der Waals surface area contributed by atoms with Crippen molar-refractivity contribution in [3.8, 4) is 0 Å². The van der Waals surface area contributed by atoms with Crippen molar-refractivity contribution in [1.82, 2.24) is 4.31 Å². The lowest BCUT2D eigenvalue weighted by molar-refractivity contribution is 0.0909. The van der Waals surface area contributed by atoms with Crippen LogP contribution in [-0.4, -0.2) is 42.3 Å². The topological polar surface area (TPSA) is 57.6 Å². The Morgan fingerprint density at radius 1 is 1.06 bits per heavy atom. The van der Waals surface area contributed by atoms with Crippen LogP contribution in [0.5, 0.6) is 0 Å². The molecule has 1 aliphatic heterocycles. The van der Waals surface area contributed by atoms with E-state index in [4.69, 9.17) is 0 Å². The molecule has 4 nitrogen and oxygen atoms in total. The van der Waals surface area contributed by atoms with Crippen molar-refractivity contribution >= 4 is 10.0 Å². The Hall–Kier alpha value is -0.130.